The number of benzene rings is 3. The number of rotatable bonds is 0. The third-order valence-electron chi connectivity index (χ3n) is 4.86. The number of hydrogen-bond acceptors (Lipinski definition) is 1. The van der Waals surface area contributed by atoms with E-state index in [9.17, 15) is 0 Å². The van der Waals surface area contributed by atoms with Crippen LogP contribution in [-0.2, 0) is 12.8 Å². The summed E-state index contributed by atoms with van der Waals surface area (Å²) >= 11 is 1.96. The van der Waals surface area contributed by atoms with Gasteiger partial charge in [-0.3, -0.25) is 0 Å². The van der Waals surface area contributed by atoms with Gasteiger partial charge in [-0.05, 0) is 53.6 Å². The smallest absolute Gasteiger partial charge is 0.0433 e. The van der Waals surface area contributed by atoms with E-state index in [1.807, 2.05) is 11.3 Å². The Morgan fingerprint density at radius 3 is 2.67 bits per heavy atom. The highest BCUT2D eigenvalue weighted by Crippen LogP contribution is 2.42. The van der Waals surface area contributed by atoms with Gasteiger partial charge in [0.25, 0.3) is 0 Å². The molecule has 5 rings (SSSR count). The zero-order chi connectivity index (χ0) is 13.8. The van der Waals surface area contributed by atoms with Crippen molar-refractivity contribution in [3.63, 3.8) is 0 Å². The van der Waals surface area contributed by atoms with Crippen molar-refractivity contribution in [3.05, 3.63) is 59.7 Å². The molecule has 0 atom stereocenters. The Balaban J connectivity index is 2.00. The van der Waals surface area contributed by atoms with Gasteiger partial charge in [0, 0.05) is 20.2 Å². The van der Waals surface area contributed by atoms with E-state index in [-0.39, 0.29) is 0 Å². The van der Waals surface area contributed by atoms with Gasteiger partial charge >= 0.3 is 0 Å². The number of aryl methyl sites for hydroxylation is 2. The zero-order valence-corrected chi connectivity index (χ0v) is 12.7. The van der Waals surface area contributed by atoms with Crippen LogP contribution in [0.5, 0.6) is 0 Å². The van der Waals surface area contributed by atoms with Crippen LogP contribution in [0.1, 0.15) is 24.0 Å². The fourth-order valence-corrected chi connectivity index (χ4v) is 5.11. The molecule has 0 fully saturated rings. The molecule has 0 bridgehead atoms. The molecule has 1 aliphatic carbocycles. The monoisotopic (exact) mass is 288 g/mol. The molecule has 0 nitrogen and oxygen atoms in total. The molecule has 1 heteroatoms. The number of fused-ring (bicyclic) bond motifs is 7. The van der Waals surface area contributed by atoms with E-state index in [0.29, 0.717) is 0 Å². The van der Waals surface area contributed by atoms with E-state index in [1.165, 1.54) is 56.6 Å². The van der Waals surface area contributed by atoms with E-state index >= 15 is 0 Å². The molecule has 0 unspecified atom stereocenters. The molecule has 0 amide bonds. The van der Waals surface area contributed by atoms with Gasteiger partial charge in [0.15, 0.2) is 0 Å². The normalized spacial score (nSPS) is 14.9. The summed E-state index contributed by atoms with van der Waals surface area (Å²) in [7, 11) is 0. The second-order valence-electron chi connectivity index (χ2n) is 6.05. The third kappa shape index (κ3) is 1.61. The molecular formula is C20H16S. The van der Waals surface area contributed by atoms with Gasteiger partial charge in [-0.1, -0.05) is 42.5 Å². The lowest BCUT2D eigenvalue weighted by molar-refractivity contribution is 0.690. The molecule has 4 aromatic rings. The van der Waals surface area contributed by atoms with Crippen LogP contribution in [0.3, 0.4) is 0 Å². The van der Waals surface area contributed by atoms with Crippen LogP contribution in [0.25, 0.3) is 30.9 Å². The van der Waals surface area contributed by atoms with Crippen LogP contribution in [0.4, 0.5) is 0 Å². The lowest BCUT2D eigenvalue weighted by Gasteiger charge is -2.16. The van der Waals surface area contributed by atoms with Gasteiger partial charge in [-0.2, -0.15) is 0 Å². The molecule has 1 heterocycles. The van der Waals surface area contributed by atoms with E-state index in [1.54, 1.807) is 11.1 Å². The third-order valence-corrected chi connectivity index (χ3v) is 6.06. The molecule has 0 saturated heterocycles. The zero-order valence-electron chi connectivity index (χ0n) is 11.9. The summed E-state index contributed by atoms with van der Waals surface area (Å²) in [5, 5.41) is 5.76. The molecule has 3 aromatic carbocycles. The number of hydrogen-bond donors (Lipinski definition) is 0. The van der Waals surface area contributed by atoms with Crippen molar-refractivity contribution in [1.82, 2.24) is 0 Å². The van der Waals surface area contributed by atoms with Crippen LogP contribution < -0.4 is 0 Å². The summed E-state index contributed by atoms with van der Waals surface area (Å²) in [5.41, 5.74) is 3.21. The predicted molar refractivity (Wildman–Crippen MR) is 93.5 cm³/mol. The van der Waals surface area contributed by atoms with Gasteiger partial charge in [-0.15, -0.1) is 11.3 Å². The summed E-state index contributed by atoms with van der Waals surface area (Å²) in [6, 6.07) is 18.1. The minimum absolute atomic E-state index is 1.26. The summed E-state index contributed by atoms with van der Waals surface area (Å²) in [4.78, 5) is 0. The molecule has 0 N–H and O–H groups in total. The van der Waals surface area contributed by atoms with Crippen LogP contribution in [0.2, 0.25) is 0 Å². The first-order valence-electron chi connectivity index (χ1n) is 7.76. The average Bonchev–Trinajstić information content (AvgIpc) is 2.94. The largest absolute Gasteiger partial charge is 0.135 e. The van der Waals surface area contributed by atoms with E-state index in [4.69, 9.17) is 0 Å². The van der Waals surface area contributed by atoms with Crippen LogP contribution in [0.15, 0.2) is 48.5 Å². The molecule has 1 aliphatic rings. The maximum atomic E-state index is 2.37. The predicted octanol–water partition coefficient (Wildman–Crippen LogP) is 6.09. The second kappa shape index (κ2) is 4.32. The SMILES string of the molecule is c1ccc2c(c1)ccc1c2sc2ccc3c(c21)CCCC3. The van der Waals surface area contributed by atoms with E-state index < -0.39 is 0 Å². The first-order chi connectivity index (χ1) is 10.4. The first kappa shape index (κ1) is 11.8. The fraction of sp³-hybridized carbons (Fsp3) is 0.200. The van der Waals surface area contributed by atoms with Crippen molar-refractivity contribution in [2.75, 3.05) is 0 Å². The highest BCUT2D eigenvalue weighted by atomic mass is 32.1. The lowest BCUT2D eigenvalue weighted by atomic mass is 9.88. The summed E-state index contributed by atoms with van der Waals surface area (Å²) in [5.74, 6) is 0. The van der Waals surface area contributed by atoms with Crippen molar-refractivity contribution in [3.8, 4) is 0 Å². The van der Waals surface area contributed by atoms with Crippen molar-refractivity contribution in [2.45, 2.75) is 25.7 Å². The van der Waals surface area contributed by atoms with Crippen molar-refractivity contribution in [2.24, 2.45) is 0 Å². The standard InChI is InChI=1S/C20H16S/c1-3-7-15-13(5-1)10-12-18-19(15)17-11-9-14-6-2-4-8-16(14)20(17)21-18/h2,4,6,8-12H,1,3,5,7H2. The van der Waals surface area contributed by atoms with Crippen LogP contribution >= 0.6 is 11.3 Å². The molecule has 0 saturated carbocycles. The van der Waals surface area contributed by atoms with Crippen LogP contribution in [0, 0.1) is 0 Å². The van der Waals surface area contributed by atoms with E-state index in [0.717, 1.165) is 0 Å². The van der Waals surface area contributed by atoms with Gasteiger partial charge in [0.05, 0.1) is 0 Å². The Labute approximate surface area is 128 Å². The highest BCUT2D eigenvalue weighted by molar-refractivity contribution is 7.26. The van der Waals surface area contributed by atoms with Gasteiger partial charge in [-0.25, -0.2) is 0 Å². The fourth-order valence-electron chi connectivity index (χ4n) is 3.85. The molecule has 0 spiro atoms. The van der Waals surface area contributed by atoms with Crippen molar-refractivity contribution < 1.29 is 0 Å². The van der Waals surface area contributed by atoms with Gasteiger partial charge in [0.1, 0.15) is 0 Å². The molecule has 102 valence electrons. The van der Waals surface area contributed by atoms with Crippen LogP contribution in [-0.4, -0.2) is 0 Å². The lowest BCUT2D eigenvalue weighted by Crippen LogP contribution is -2.02. The first-order valence-corrected chi connectivity index (χ1v) is 8.58. The Morgan fingerprint density at radius 1 is 0.762 bits per heavy atom. The molecule has 1 aromatic heterocycles. The van der Waals surface area contributed by atoms with Gasteiger partial charge < -0.3 is 0 Å². The Morgan fingerprint density at radius 2 is 1.67 bits per heavy atom. The quantitative estimate of drug-likeness (QED) is 0.367. The Kier molecular flexibility index (Phi) is 2.42. The minimum atomic E-state index is 1.26. The summed E-state index contributed by atoms with van der Waals surface area (Å²) in [6.45, 7) is 0. The van der Waals surface area contributed by atoms with Crippen molar-refractivity contribution >= 4 is 42.3 Å². The second-order valence-corrected chi connectivity index (χ2v) is 7.10. The molecule has 0 aliphatic heterocycles. The molecular weight excluding hydrogens is 272 g/mol. The summed E-state index contributed by atoms with van der Waals surface area (Å²) < 4.78 is 2.92. The summed E-state index contributed by atoms with van der Waals surface area (Å²) in [6.07, 6.45) is 5.21. The maximum Gasteiger partial charge on any atom is 0.0433 e. The van der Waals surface area contributed by atoms with Crippen molar-refractivity contribution in [1.29, 1.82) is 0 Å². The minimum Gasteiger partial charge on any atom is -0.135 e. The molecule has 0 radical (unpaired) electrons. The maximum absolute atomic E-state index is 2.37. The van der Waals surface area contributed by atoms with Gasteiger partial charge in [0.2, 0.25) is 0 Å². The number of thiophene rings is 1. The highest BCUT2D eigenvalue weighted by Gasteiger charge is 2.16. The van der Waals surface area contributed by atoms with E-state index in [2.05, 4.69) is 48.5 Å². The topological polar surface area (TPSA) is 0 Å². The Bertz CT molecular complexity index is 991. The Hall–Kier alpha value is -1.86. The average molecular weight is 288 g/mol. The molecule has 21 heavy (non-hydrogen) atoms.